The van der Waals surface area contributed by atoms with E-state index in [1.165, 1.54) is 11.1 Å². The number of nitrogens with one attached hydrogen (secondary N) is 1. The van der Waals surface area contributed by atoms with Crippen LogP contribution in [0.25, 0.3) is 11.4 Å². The fourth-order valence-corrected chi connectivity index (χ4v) is 2.60. The van der Waals surface area contributed by atoms with Crippen LogP contribution in [0.5, 0.6) is 0 Å². The maximum absolute atomic E-state index is 5.35. The molecule has 2 rings (SSSR count). The van der Waals surface area contributed by atoms with Crippen molar-refractivity contribution in [2.45, 2.75) is 34.1 Å². The highest BCUT2D eigenvalue weighted by Crippen LogP contribution is 2.27. The van der Waals surface area contributed by atoms with Crippen LogP contribution >= 0.6 is 28.1 Å². The van der Waals surface area contributed by atoms with Gasteiger partial charge in [-0.25, -0.2) is 4.98 Å². The highest BCUT2D eigenvalue weighted by atomic mass is 79.9. The Labute approximate surface area is 127 Å². The number of rotatable bonds is 2. The Morgan fingerprint density at radius 1 is 1.21 bits per heavy atom. The molecule has 0 aliphatic carbocycles. The number of hydrogen-bond acceptors (Lipinski definition) is 2. The van der Waals surface area contributed by atoms with Crippen LogP contribution in [0.1, 0.15) is 29.3 Å². The SMILES string of the molecule is CCc1[nH]c(-c2cc(C)c(Br)c(C)c2)nc(=S)c1C. The monoisotopic (exact) mass is 336 g/mol. The van der Waals surface area contributed by atoms with Crippen molar-refractivity contribution in [2.75, 3.05) is 0 Å². The maximum Gasteiger partial charge on any atom is 0.139 e. The van der Waals surface area contributed by atoms with E-state index >= 15 is 0 Å². The number of hydrogen-bond donors (Lipinski definition) is 1. The van der Waals surface area contributed by atoms with Gasteiger partial charge in [0.05, 0.1) is 0 Å². The first-order valence-electron chi connectivity index (χ1n) is 6.31. The summed E-state index contributed by atoms with van der Waals surface area (Å²) in [6.07, 6.45) is 0.930. The van der Waals surface area contributed by atoms with Gasteiger partial charge in [-0.3, -0.25) is 0 Å². The molecule has 1 N–H and O–H groups in total. The minimum atomic E-state index is 0.684. The molecule has 1 heterocycles. The number of aryl methyl sites for hydroxylation is 3. The van der Waals surface area contributed by atoms with E-state index in [-0.39, 0.29) is 0 Å². The van der Waals surface area contributed by atoms with Crippen LogP contribution in [-0.4, -0.2) is 9.97 Å². The topological polar surface area (TPSA) is 28.7 Å². The lowest BCUT2D eigenvalue weighted by Gasteiger charge is -2.10. The summed E-state index contributed by atoms with van der Waals surface area (Å²) in [5, 5.41) is 0. The van der Waals surface area contributed by atoms with E-state index in [4.69, 9.17) is 12.2 Å². The third kappa shape index (κ3) is 2.79. The van der Waals surface area contributed by atoms with Crippen LogP contribution in [0, 0.1) is 25.4 Å². The Hall–Kier alpha value is -1.00. The van der Waals surface area contributed by atoms with Gasteiger partial charge in [0.1, 0.15) is 10.5 Å². The predicted octanol–water partition coefficient (Wildman–Crippen LogP) is 5.06. The van der Waals surface area contributed by atoms with E-state index in [1.807, 2.05) is 6.92 Å². The van der Waals surface area contributed by atoms with Gasteiger partial charge in [0.2, 0.25) is 0 Å². The van der Waals surface area contributed by atoms with Gasteiger partial charge >= 0.3 is 0 Å². The predicted molar refractivity (Wildman–Crippen MR) is 86.1 cm³/mol. The van der Waals surface area contributed by atoms with Gasteiger partial charge in [0, 0.05) is 21.3 Å². The van der Waals surface area contributed by atoms with Crippen molar-refractivity contribution >= 4 is 28.1 Å². The zero-order valence-electron chi connectivity index (χ0n) is 11.6. The van der Waals surface area contributed by atoms with Crippen LogP contribution in [0.3, 0.4) is 0 Å². The molecule has 0 aliphatic heterocycles. The molecule has 100 valence electrons. The number of aromatic amines is 1. The lowest BCUT2D eigenvalue weighted by Crippen LogP contribution is -2.00. The molecule has 0 saturated heterocycles. The maximum atomic E-state index is 5.35. The average molecular weight is 337 g/mol. The van der Waals surface area contributed by atoms with Gasteiger partial charge in [0.25, 0.3) is 0 Å². The largest absolute Gasteiger partial charge is 0.343 e. The number of nitrogens with zero attached hydrogens (tertiary/aromatic N) is 1. The fourth-order valence-electron chi connectivity index (χ4n) is 2.15. The summed E-state index contributed by atoms with van der Waals surface area (Å²) in [6.45, 7) is 8.32. The minimum Gasteiger partial charge on any atom is -0.343 e. The highest BCUT2D eigenvalue weighted by Gasteiger charge is 2.08. The molecule has 19 heavy (non-hydrogen) atoms. The molecular weight excluding hydrogens is 320 g/mol. The van der Waals surface area contributed by atoms with E-state index in [2.05, 4.69) is 58.8 Å². The molecule has 1 aromatic carbocycles. The summed E-state index contributed by atoms with van der Waals surface area (Å²) in [6, 6.07) is 4.25. The van der Waals surface area contributed by atoms with Crippen LogP contribution in [-0.2, 0) is 6.42 Å². The van der Waals surface area contributed by atoms with E-state index in [0.717, 1.165) is 33.5 Å². The molecule has 0 unspecified atom stereocenters. The summed E-state index contributed by atoms with van der Waals surface area (Å²) in [7, 11) is 0. The zero-order valence-corrected chi connectivity index (χ0v) is 14.0. The van der Waals surface area contributed by atoms with Gasteiger partial charge < -0.3 is 4.98 Å². The second-order valence-electron chi connectivity index (χ2n) is 4.77. The number of H-pyrrole nitrogens is 1. The standard InChI is InChI=1S/C15H17BrN2S/c1-5-12-10(4)15(19)18-14(17-12)11-6-8(2)13(16)9(3)7-11/h6-7H,5H2,1-4H3,(H,17,18,19). The van der Waals surface area contributed by atoms with Crippen LogP contribution in [0.4, 0.5) is 0 Å². The molecule has 0 spiro atoms. The Morgan fingerprint density at radius 2 is 1.79 bits per heavy atom. The van der Waals surface area contributed by atoms with Gasteiger partial charge in [-0.05, 0) is 50.5 Å². The summed E-state index contributed by atoms with van der Waals surface area (Å²) in [5.41, 5.74) is 5.73. The minimum absolute atomic E-state index is 0.684. The molecule has 0 saturated carbocycles. The van der Waals surface area contributed by atoms with Crippen molar-refractivity contribution in [3.8, 4) is 11.4 Å². The number of aromatic nitrogens is 2. The Balaban J connectivity index is 2.66. The molecule has 2 nitrogen and oxygen atoms in total. The van der Waals surface area contributed by atoms with Crippen LogP contribution in [0.15, 0.2) is 16.6 Å². The number of benzene rings is 1. The Kier molecular flexibility index (Phi) is 4.21. The highest BCUT2D eigenvalue weighted by molar-refractivity contribution is 9.10. The zero-order chi connectivity index (χ0) is 14.2. The lowest BCUT2D eigenvalue weighted by atomic mass is 10.1. The van der Waals surface area contributed by atoms with Crippen molar-refractivity contribution in [2.24, 2.45) is 0 Å². The van der Waals surface area contributed by atoms with Crippen molar-refractivity contribution in [1.82, 2.24) is 9.97 Å². The van der Waals surface area contributed by atoms with E-state index in [0.29, 0.717) is 4.64 Å². The summed E-state index contributed by atoms with van der Waals surface area (Å²) < 4.78 is 1.83. The molecule has 0 radical (unpaired) electrons. The van der Waals surface area contributed by atoms with Gasteiger partial charge in [-0.15, -0.1) is 0 Å². The summed E-state index contributed by atoms with van der Waals surface area (Å²) >= 11 is 8.93. The molecule has 0 bridgehead atoms. The first kappa shape index (κ1) is 14.4. The molecule has 0 aliphatic rings. The Bertz CT molecular complexity index is 666. The first-order valence-corrected chi connectivity index (χ1v) is 7.51. The first-order chi connectivity index (χ1) is 8.93. The van der Waals surface area contributed by atoms with E-state index in [1.54, 1.807) is 0 Å². The van der Waals surface area contributed by atoms with Gasteiger partial charge in [-0.1, -0.05) is 35.1 Å². The molecule has 2 aromatic rings. The fraction of sp³-hybridized carbons (Fsp3) is 0.333. The van der Waals surface area contributed by atoms with Gasteiger partial charge in [0.15, 0.2) is 0 Å². The molecule has 4 heteroatoms. The number of halogens is 1. The van der Waals surface area contributed by atoms with Crippen LogP contribution < -0.4 is 0 Å². The normalized spacial score (nSPS) is 10.8. The second-order valence-corrected chi connectivity index (χ2v) is 5.95. The quantitative estimate of drug-likeness (QED) is 0.776. The van der Waals surface area contributed by atoms with Crippen molar-refractivity contribution in [3.05, 3.63) is 43.6 Å². The van der Waals surface area contributed by atoms with E-state index < -0.39 is 0 Å². The lowest BCUT2D eigenvalue weighted by molar-refractivity contribution is 0.968. The smallest absolute Gasteiger partial charge is 0.139 e. The third-order valence-electron chi connectivity index (χ3n) is 3.32. The average Bonchev–Trinajstić information content (AvgIpc) is 2.38. The Morgan fingerprint density at radius 3 is 2.32 bits per heavy atom. The molecular formula is C15H17BrN2S. The molecule has 0 atom stereocenters. The summed E-state index contributed by atoms with van der Waals surface area (Å²) in [4.78, 5) is 7.91. The molecule has 0 fully saturated rings. The van der Waals surface area contributed by atoms with Crippen molar-refractivity contribution < 1.29 is 0 Å². The molecule has 0 amide bonds. The summed E-state index contributed by atoms with van der Waals surface area (Å²) in [5.74, 6) is 0.853. The van der Waals surface area contributed by atoms with E-state index in [9.17, 15) is 0 Å². The van der Waals surface area contributed by atoms with Gasteiger partial charge in [-0.2, -0.15) is 0 Å². The third-order valence-corrected chi connectivity index (χ3v) is 4.97. The van der Waals surface area contributed by atoms with Crippen molar-refractivity contribution in [1.29, 1.82) is 0 Å². The second kappa shape index (κ2) is 5.55. The van der Waals surface area contributed by atoms with Crippen LogP contribution in [0.2, 0.25) is 0 Å². The molecule has 1 aromatic heterocycles. The van der Waals surface area contributed by atoms with Crippen molar-refractivity contribution in [3.63, 3.8) is 0 Å².